The average Bonchev–Trinajstić information content (AvgIpc) is 2.77. The molecule has 2 N–H and O–H groups in total. The number of aromatic hydroxyl groups is 1. The Labute approximate surface area is 98.8 Å². The summed E-state index contributed by atoms with van der Waals surface area (Å²) in [5.74, 6) is 0.326. The van der Waals surface area contributed by atoms with E-state index in [1.807, 2.05) is 24.4 Å². The van der Waals surface area contributed by atoms with Crippen molar-refractivity contribution in [1.29, 1.82) is 0 Å². The largest absolute Gasteiger partial charge is 0.508 e. The van der Waals surface area contributed by atoms with Gasteiger partial charge in [0.15, 0.2) is 0 Å². The number of benzene rings is 1. The van der Waals surface area contributed by atoms with Crippen LogP contribution < -0.4 is 5.32 Å². The monoisotopic (exact) mass is 234 g/mol. The van der Waals surface area contributed by atoms with Crippen LogP contribution >= 0.6 is 11.3 Å². The number of rotatable bonds is 3. The van der Waals surface area contributed by atoms with E-state index in [0.717, 1.165) is 16.3 Å². The van der Waals surface area contributed by atoms with Gasteiger partial charge in [0.2, 0.25) is 0 Å². The first-order chi connectivity index (χ1) is 7.66. The van der Waals surface area contributed by atoms with Gasteiger partial charge in [-0.2, -0.15) is 0 Å². The topological polar surface area (TPSA) is 45.2 Å². The van der Waals surface area contributed by atoms with Gasteiger partial charge in [0.05, 0.1) is 6.04 Å². The van der Waals surface area contributed by atoms with E-state index in [2.05, 4.69) is 17.2 Å². The lowest BCUT2D eigenvalue weighted by Gasteiger charge is -2.13. The molecule has 0 aliphatic rings. The van der Waals surface area contributed by atoms with Crippen molar-refractivity contribution in [3.05, 3.63) is 40.3 Å². The zero-order valence-corrected chi connectivity index (χ0v) is 10.1. The number of nitrogens with zero attached hydrogens (tertiary/aromatic N) is 1. The Hall–Kier alpha value is -1.55. The first kappa shape index (κ1) is 11.0. The number of thiazole rings is 1. The maximum absolute atomic E-state index is 9.42. The maximum atomic E-state index is 9.42. The fourth-order valence-corrected chi connectivity index (χ4v) is 2.15. The second kappa shape index (κ2) is 4.53. The van der Waals surface area contributed by atoms with Gasteiger partial charge in [0, 0.05) is 17.3 Å². The standard InChI is InChI=1S/C12H14N2OS/c1-8-7-10(3-4-11(8)15)14-9(2)12-13-5-6-16-12/h3-7,9,14-15H,1-2H3. The van der Waals surface area contributed by atoms with Crippen LogP contribution in [0.4, 0.5) is 5.69 Å². The lowest BCUT2D eigenvalue weighted by atomic mass is 10.2. The molecule has 84 valence electrons. The van der Waals surface area contributed by atoms with Gasteiger partial charge in [0.25, 0.3) is 0 Å². The molecule has 0 aliphatic carbocycles. The Morgan fingerprint density at radius 1 is 1.44 bits per heavy atom. The summed E-state index contributed by atoms with van der Waals surface area (Å²) in [7, 11) is 0. The summed E-state index contributed by atoms with van der Waals surface area (Å²) in [4.78, 5) is 4.26. The van der Waals surface area contributed by atoms with E-state index in [0.29, 0.717) is 5.75 Å². The summed E-state index contributed by atoms with van der Waals surface area (Å²) in [5, 5.41) is 15.8. The van der Waals surface area contributed by atoms with E-state index in [1.165, 1.54) is 0 Å². The summed E-state index contributed by atoms with van der Waals surface area (Å²) in [5.41, 5.74) is 1.87. The van der Waals surface area contributed by atoms with Gasteiger partial charge in [-0.05, 0) is 37.6 Å². The van der Waals surface area contributed by atoms with Crippen LogP contribution in [0.15, 0.2) is 29.8 Å². The normalized spacial score (nSPS) is 12.4. The van der Waals surface area contributed by atoms with Crippen LogP contribution in [0.3, 0.4) is 0 Å². The number of nitrogens with one attached hydrogen (secondary N) is 1. The Balaban J connectivity index is 2.12. The Kier molecular flexibility index (Phi) is 3.10. The minimum absolute atomic E-state index is 0.184. The van der Waals surface area contributed by atoms with Crippen molar-refractivity contribution < 1.29 is 5.11 Å². The van der Waals surface area contributed by atoms with Crippen LogP contribution in [0.5, 0.6) is 5.75 Å². The van der Waals surface area contributed by atoms with Crippen LogP contribution in [0, 0.1) is 6.92 Å². The Bertz CT molecular complexity index is 468. The van der Waals surface area contributed by atoms with Crippen molar-refractivity contribution in [2.75, 3.05) is 5.32 Å². The van der Waals surface area contributed by atoms with Gasteiger partial charge in [-0.3, -0.25) is 0 Å². The van der Waals surface area contributed by atoms with E-state index >= 15 is 0 Å². The van der Waals surface area contributed by atoms with E-state index in [-0.39, 0.29) is 6.04 Å². The third-order valence-corrected chi connectivity index (χ3v) is 3.36. The molecule has 1 aromatic heterocycles. The summed E-state index contributed by atoms with van der Waals surface area (Å²) >= 11 is 1.63. The van der Waals surface area contributed by atoms with Gasteiger partial charge in [-0.25, -0.2) is 4.98 Å². The first-order valence-electron chi connectivity index (χ1n) is 5.12. The van der Waals surface area contributed by atoms with Crippen LogP contribution in [-0.4, -0.2) is 10.1 Å². The third kappa shape index (κ3) is 2.33. The van der Waals surface area contributed by atoms with E-state index in [1.54, 1.807) is 23.6 Å². The highest BCUT2D eigenvalue weighted by Crippen LogP contribution is 2.24. The molecular weight excluding hydrogens is 220 g/mol. The van der Waals surface area contributed by atoms with Crippen molar-refractivity contribution >= 4 is 17.0 Å². The maximum Gasteiger partial charge on any atom is 0.118 e. The molecular formula is C12H14N2OS. The molecule has 2 rings (SSSR count). The minimum atomic E-state index is 0.184. The molecule has 0 radical (unpaired) electrons. The fourth-order valence-electron chi connectivity index (χ4n) is 1.51. The SMILES string of the molecule is Cc1cc(NC(C)c2nccs2)ccc1O. The highest BCUT2D eigenvalue weighted by atomic mass is 32.1. The van der Waals surface area contributed by atoms with Crippen LogP contribution in [0.25, 0.3) is 0 Å². The number of phenolic OH excluding ortho intramolecular Hbond substituents is 1. The summed E-state index contributed by atoms with van der Waals surface area (Å²) < 4.78 is 0. The zero-order chi connectivity index (χ0) is 11.5. The first-order valence-corrected chi connectivity index (χ1v) is 6.00. The second-order valence-electron chi connectivity index (χ2n) is 3.74. The minimum Gasteiger partial charge on any atom is -0.508 e. The Morgan fingerprint density at radius 2 is 2.25 bits per heavy atom. The summed E-state index contributed by atoms with van der Waals surface area (Å²) in [6, 6.07) is 5.68. The molecule has 16 heavy (non-hydrogen) atoms. The summed E-state index contributed by atoms with van der Waals surface area (Å²) in [6.45, 7) is 3.95. The molecule has 1 heterocycles. The number of anilines is 1. The molecule has 0 amide bonds. The van der Waals surface area contributed by atoms with Gasteiger partial charge in [0.1, 0.15) is 10.8 Å². The van der Waals surface area contributed by atoms with E-state index < -0.39 is 0 Å². The smallest absolute Gasteiger partial charge is 0.118 e. The van der Waals surface area contributed by atoms with Crippen molar-refractivity contribution in [3.63, 3.8) is 0 Å². The molecule has 4 heteroatoms. The predicted octanol–water partition coefficient (Wildman–Crippen LogP) is 3.33. The van der Waals surface area contributed by atoms with Gasteiger partial charge < -0.3 is 10.4 Å². The van der Waals surface area contributed by atoms with Crippen LogP contribution in [-0.2, 0) is 0 Å². The molecule has 0 aliphatic heterocycles. The zero-order valence-electron chi connectivity index (χ0n) is 9.27. The Morgan fingerprint density at radius 3 is 2.88 bits per heavy atom. The van der Waals surface area contributed by atoms with Crippen molar-refractivity contribution in [2.24, 2.45) is 0 Å². The molecule has 0 spiro atoms. The number of hydrogen-bond donors (Lipinski definition) is 2. The molecule has 3 nitrogen and oxygen atoms in total. The quantitative estimate of drug-likeness (QED) is 0.801. The van der Waals surface area contributed by atoms with Gasteiger partial charge >= 0.3 is 0 Å². The molecule has 1 unspecified atom stereocenters. The molecule has 0 saturated carbocycles. The lowest BCUT2D eigenvalue weighted by molar-refractivity contribution is 0.471. The second-order valence-corrected chi connectivity index (χ2v) is 4.66. The molecule has 2 aromatic rings. The van der Waals surface area contributed by atoms with E-state index in [9.17, 15) is 5.11 Å². The van der Waals surface area contributed by atoms with Crippen LogP contribution in [0.1, 0.15) is 23.5 Å². The predicted molar refractivity (Wildman–Crippen MR) is 67.0 cm³/mol. The van der Waals surface area contributed by atoms with E-state index in [4.69, 9.17) is 0 Å². The molecule has 0 fully saturated rings. The molecule has 1 aromatic carbocycles. The lowest BCUT2D eigenvalue weighted by Crippen LogP contribution is -2.05. The van der Waals surface area contributed by atoms with Crippen molar-refractivity contribution in [2.45, 2.75) is 19.9 Å². The summed E-state index contributed by atoms with van der Waals surface area (Å²) in [6.07, 6.45) is 1.81. The van der Waals surface area contributed by atoms with Crippen molar-refractivity contribution in [3.8, 4) is 5.75 Å². The highest BCUT2D eigenvalue weighted by molar-refractivity contribution is 7.09. The number of hydrogen-bond acceptors (Lipinski definition) is 4. The van der Waals surface area contributed by atoms with Crippen molar-refractivity contribution in [1.82, 2.24) is 4.98 Å². The number of aryl methyl sites for hydroxylation is 1. The average molecular weight is 234 g/mol. The third-order valence-electron chi connectivity index (χ3n) is 2.40. The highest BCUT2D eigenvalue weighted by Gasteiger charge is 2.08. The molecule has 1 atom stereocenters. The van der Waals surface area contributed by atoms with Gasteiger partial charge in [-0.1, -0.05) is 0 Å². The van der Waals surface area contributed by atoms with Crippen LogP contribution in [0.2, 0.25) is 0 Å². The number of aromatic nitrogens is 1. The molecule has 0 saturated heterocycles. The number of phenols is 1. The van der Waals surface area contributed by atoms with Gasteiger partial charge in [-0.15, -0.1) is 11.3 Å². The fraction of sp³-hybridized carbons (Fsp3) is 0.250. The molecule has 0 bridgehead atoms.